The van der Waals surface area contributed by atoms with Crippen molar-refractivity contribution in [1.29, 1.82) is 0 Å². The van der Waals surface area contributed by atoms with Gasteiger partial charge in [-0.15, -0.1) is 0 Å². The van der Waals surface area contributed by atoms with Crippen LogP contribution >= 0.6 is 0 Å². The van der Waals surface area contributed by atoms with E-state index < -0.39 is 0 Å². The second-order valence-electron chi connectivity index (χ2n) is 4.98. The zero-order valence-electron chi connectivity index (χ0n) is 11.4. The maximum Gasteiger partial charge on any atom is 0.142 e. The minimum absolute atomic E-state index is 0.854. The van der Waals surface area contributed by atoms with Crippen molar-refractivity contribution in [2.75, 3.05) is 6.54 Å². The van der Waals surface area contributed by atoms with E-state index >= 15 is 0 Å². The Kier molecular flexibility index (Phi) is 3.60. The van der Waals surface area contributed by atoms with Crippen molar-refractivity contribution in [3.63, 3.8) is 0 Å². The number of aryl methyl sites for hydroxylation is 1. The summed E-state index contributed by atoms with van der Waals surface area (Å²) in [5.74, 6) is 1.03. The second kappa shape index (κ2) is 5.53. The first-order chi connectivity index (χ1) is 9.40. The Labute approximate surface area is 113 Å². The van der Waals surface area contributed by atoms with Crippen LogP contribution in [0.2, 0.25) is 0 Å². The standard InChI is InChI=1S/C15H20N4/c1-2-16-10-12-6-5-9-17-15(12)19-11-18-13-7-3-4-8-14(13)19/h5-6,9,11,16H,2-4,7-8,10H2,1H3. The fourth-order valence-corrected chi connectivity index (χ4v) is 2.70. The molecule has 0 spiro atoms. The lowest BCUT2D eigenvalue weighted by Gasteiger charge is -2.15. The van der Waals surface area contributed by atoms with Crippen LogP contribution in [0.4, 0.5) is 0 Å². The molecule has 0 aromatic carbocycles. The molecule has 1 aliphatic rings. The number of aromatic nitrogens is 3. The van der Waals surface area contributed by atoms with Gasteiger partial charge in [0.15, 0.2) is 0 Å². The van der Waals surface area contributed by atoms with E-state index in [1.54, 1.807) is 0 Å². The second-order valence-corrected chi connectivity index (χ2v) is 4.98. The minimum atomic E-state index is 0.854. The topological polar surface area (TPSA) is 42.7 Å². The van der Waals surface area contributed by atoms with Gasteiger partial charge < -0.3 is 5.32 Å². The fraction of sp³-hybridized carbons (Fsp3) is 0.467. The van der Waals surface area contributed by atoms with Gasteiger partial charge in [-0.3, -0.25) is 4.57 Å². The molecule has 2 aromatic heterocycles. The molecule has 0 saturated heterocycles. The molecule has 0 radical (unpaired) electrons. The Morgan fingerprint density at radius 2 is 2.16 bits per heavy atom. The van der Waals surface area contributed by atoms with Crippen LogP contribution in [0.5, 0.6) is 0 Å². The van der Waals surface area contributed by atoms with E-state index in [0.717, 1.165) is 31.7 Å². The Balaban J connectivity index is 1.99. The molecule has 4 nitrogen and oxygen atoms in total. The molecular formula is C15H20N4. The highest BCUT2D eigenvalue weighted by Crippen LogP contribution is 2.23. The molecule has 0 amide bonds. The first-order valence-electron chi connectivity index (χ1n) is 7.10. The van der Waals surface area contributed by atoms with Crippen LogP contribution in [0.1, 0.15) is 36.7 Å². The van der Waals surface area contributed by atoms with Crippen molar-refractivity contribution in [2.24, 2.45) is 0 Å². The highest BCUT2D eigenvalue weighted by atomic mass is 15.1. The van der Waals surface area contributed by atoms with E-state index in [0.29, 0.717) is 0 Å². The Bertz CT molecular complexity index is 559. The van der Waals surface area contributed by atoms with Gasteiger partial charge in [0.05, 0.1) is 5.69 Å². The van der Waals surface area contributed by atoms with Crippen molar-refractivity contribution in [3.8, 4) is 5.82 Å². The molecule has 1 N–H and O–H groups in total. The molecule has 100 valence electrons. The predicted molar refractivity (Wildman–Crippen MR) is 75.4 cm³/mol. The van der Waals surface area contributed by atoms with E-state index in [1.165, 1.54) is 29.8 Å². The SMILES string of the molecule is CCNCc1cccnc1-n1cnc2c1CCCC2. The molecule has 0 fully saturated rings. The zero-order chi connectivity index (χ0) is 13.1. The van der Waals surface area contributed by atoms with Gasteiger partial charge in [0, 0.05) is 24.0 Å². The molecule has 3 rings (SSSR count). The van der Waals surface area contributed by atoms with E-state index in [4.69, 9.17) is 0 Å². The van der Waals surface area contributed by atoms with Crippen molar-refractivity contribution in [2.45, 2.75) is 39.2 Å². The highest BCUT2D eigenvalue weighted by Gasteiger charge is 2.17. The molecule has 0 bridgehead atoms. The summed E-state index contributed by atoms with van der Waals surface area (Å²) in [5, 5.41) is 3.37. The third-order valence-electron chi connectivity index (χ3n) is 3.69. The number of nitrogens with zero attached hydrogens (tertiary/aromatic N) is 3. The molecule has 2 aromatic rings. The van der Waals surface area contributed by atoms with Gasteiger partial charge in [0.2, 0.25) is 0 Å². The van der Waals surface area contributed by atoms with Gasteiger partial charge in [-0.1, -0.05) is 13.0 Å². The minimum Gasteiger partial charge on any atom is -0.313 e. The van der Waals surface area contributed by atoms with Gasteiger partial charge >= 0.3 is 0 Å². The monoisotopic (exact) mass is 256 g/mol. The van der Waals surface area contributed by atoms with Gasteiger partial charge in [-0.05, 0) is 38.3 Å². The lowest BCUT2D eigenvalue weighted by molar-refractivity contribution is 0.651. The largest absolute Gasteiger partial charge is 0.313 e. The van der Waals surface area contributed by atoms with Gasteiger partial charge in [0.1, 0.15) is 12.1 Å². The summed E-state index contributed by atoms with van der Waals surface area (Å²) in [6, 6.07) is 4.14. The van der Waals surface area contributed by atoms with Crippen molar-refractivity contribution in [1.82, 2.24) is 19.9 Å². The number of hydrogen-bond acceptors (Lipinski definition) is 3. The normalized spacial score (nSPS) is 14.4. The van der Waals surface area contributed by atoms with E-state index in [2.05, 4.69) is 32.8 Å². The van der Waals surface area contributed by atoms with Crippen molar-refractivity contribution >= 4 is 0 Å². The summed E-state index contributed by atoms with van der Waals surface area (Å²) >= 11 is 0. The Hall–Kier alpha value is -1.68. The molecule has 0 aliphatic heterocycles. The number of nitrogens with one attached hydrogen (secondary N) is 1. The molecule has 0 saturated carbocycles. The zero-order valence-corrected chi connectivity index (χ0v) is 11.4. The maximum absolute atomic E-state index is 4.57. The van der Waals surface area contributed by atoms with Crippen LogP contribution in [-0.2, 0) is 19.4 Å². The van der Waals surface area contributed by atoms with Crippen LogP contribution in [0, 0.1) is 0 Å². The lowest BCUT2D eigenvalue weighted by atomic mass is 10.0. The molecule has 2 heterocycles. The Morgan fingerprint density at radius 3 is 3.05 bits per heavy atom. The molecule has 4 heteroatoms. The average molecular weight is 256 g/mol. The number of rotatable bonds is 4. The highest BCUT2D eigenvalue weighted by molar-refractivity contribution is 5.37. The number of hydrogen-bond donors (Lipinski definition) is 1. The molecular weight excluding hydrogens is 236 g/mol. The maximum atomic E-state index is 4.57. The number of pyridine rings is 1. The van der Waals surface area contributed by atoms with Crippen LogP contribution in [0.15, 0.2) is 24.7 Å². The molecule has 0 unspecified atom stereocenters. The van der Waals surface area contributed by atoms with Crippen LogP contribution in [0.3, 0.4) is 0 Å². The fourth-order valence-electron chi connectivity index (χ4n) is 2.70. The summed E-state index contributed by atoms with van der Waals surface area (Å²) in [7, 11) is 0. The van der Waals surface area contributed by atoms with Gasteiger partial charge in [-0.2, -0.15) is 0 Å². The third-order valence-corrected chi connectivity index (χ3v) is 3.69. The predicted octanol–water partition coefficient (Wildman–Crippen LogP) is 2.26. The summed E-state index contributed by atoms with van der Waals surface area (Å²) in [4.78, 5) is 9.12. The van der Waals surface area contributed by atoms with E-state index in [1.807, 2.05) is 18.6 Å². The van der Waals surface area contributed by atoms with Gasteiger partial charge in [0.25, 0.3) is 0 Å². The van der Waals surface area contributed by atoms with Crippen molar-refractivity contribution in [3.05, 3.63) is 41.6 Å². The summed E-state index contributed by atoms with van der Waals surface area (Å²) in [6.45, 7) is 3.94. The summed E-state index contributed by atoms with van der Waals surface area (Å²) in [6.07, 6.45) is 8.54. The van der Waals surface area contributed by atoms with Gasteiger partial charge in [-0.25, -0.2) is 9.97 Å². The van der Waals surface area contributed by atoms with E-state index in [-0.39, 0.29) is 0 Å². The Morgan fingerprint density at radius 1 is 1.26 bits per heavy atom. The first-order valence-corrected chi connectivity index (χ1v) is 7.10. The summed E-state index contributed by atoms with van der Waals surface area (Å²) in [5.41, 5.74) is 3.84. The summed E-state index contributed by atoms with van der Waals surface area (Å²) < 4.78 is 2.18. The van der Waals surface area contributed by atoms with Crippen LogP contribution in [-0.4, -0.2) is 21.1 Å². The van der Waals surface area contributed by atoms with E-state index in [9.17, 15) is 0 Å². The molecule has 19 heavy (non-hydrogen) atoms. The van der Waals surface area contributed by atoms with Crippen LogP contribution in [0.25, 0.3) is 5.82 Å². The lowest BCUT2D eigenvalue weighted by Crippen LogP contribution is -2.16. The average Bonchev–Trinajstić information content (AvgIpc) is 2.89. The third kappa shape index (κ3) is 2.40. The molecule has 0 atom stereocenters. The number of imidazole rings is 1. The first kappa shape index (κ1) is 12.4. The smallest absolute Gasteiger partial charge is 0.142 e. The molecule has 1 aliphatic carbocycles. The van der Waals surface area contributed by atoms with Crippen molar-refractivity contribution < 1.29 is 0 Å². The number of fused-ring (bicyclic) bond motifs is 1. The van der Waals surface area contributed by atoms with Crippen LogP contribution < -0.4 is 5.32 Å². The quantitative estimate of drug-likeness (QED) is 0.912.